The molecule has 2 aromatic rings. The van der Waals surface area contributed by atoms with Crippen molar-refractivity contribution in [2.75, 3.05) is 5.75 Å². The number of rotatable bonds is 4. The van der Waals surface area contributed by atoms with E-state index in [4.69, 9.17) is 11.6 Å². The Morgan fingerprint density at radius 1 is 1.20 bits per heavy atom. The van der Waals surface area contributed by atoms with Crippen LogP contribution in [0.25, 0.3) is 0 Å². The van der Waals surface area contributed by atoms with E-state index in [2.05, 4.69) is 0 Å². The highest BCUT2D eigenvalue weighted by atomic mass is 35.5. The maximum atomic E-state index is 12.2. The number of hydrogen-bond donors (Lipinski definition) is 0. The van der Waals surface area contributed by atoms with E-state index < -0.39 is 15.6 Å². The lowest BCUT2D eigenvalue weighted by Gasteiger charge is -2.04. The van der Waals surface area contributed by atoms with Gasteiger partial charge in [0.25, 0.3) is 0 Å². The Labute approximate surface area is 127 Å². The Balaban J connectivity index is 2.26. The number of sulfone groups is 1. The lowest BCUT2D eigenvalue weighted by molar-refractivity contribution is 0.102. The van der Waals surface area contributed by atoms with E-state index in [9.17, 15) is 13.2 Å². The van der Waals surface area contributed by atoms with Crippen molar-refractivity contribution in [1.29, 1.82) is 0 Å². The van der Waals surface area contributed by atoms with Gasteiger partial charge in [0.1, 0.15) is 5.75 Å². The summed E-state index contributed by atoms with van der Waals surface area (Å²) in [5, 5.41) is 0.458. The van der Waals surface area contributed by atoms with Crippen molar-refractivity contribution in [3.63, 3.8) is 0 Å². The van der Waals surface area contributed by atoms with Crippen LogP contribution in [-0.2, 0) is 9.84 Å². The highest BCUT2D eigenvalue weighted by Crippen LogP contribution is 2.23. The van der Waals surface area contributed by atoms with Crippen molar-refractivity contribution in [3.8, 4) is 0 Å². The Bertz CT molecular complexity index is 743. The third-order valence-electron chi connectivity index (χ3n) is 2.84. The Morgan fingerprint density at radius 3 is 2.30 bits per heavy atom. The third-order valence-corrected chi connectivity index (χ3v) is 5.69. The Hall–Kier alpha value is -1.17. The maximum absolute atomic E-state index is 12.2. The molecule has 0 saturated heterocycles. The number of aryl methyl sites for hydroxylation is 2. The second-order valence-electron chi connectivity index (χ2n) is 4.46. The molecule has 106 valence electrons. The van der Waals surface area contributed by atoms with Gasteiger partial charge in [-0.1, -0.05) is 11.6 Å². The molecule has 0 unspecified atom stereocenters. The molecule has 0 radical (unpaired) electrons. The quantitative estimate of drug-likeness (QED) is 0.804. The van der Waals surface area contributed by atoms with Crippen molar-refractivity contribution in [3.05, 3.63) is 50.7 Å². The van der Waals surface area contributed by atoms with Gasteiger partial charge in [0.05, 0.1) is 4.90 Å². The molecular formula is C14H13ClO3S2. The molecule has 0 aliphatic carbocycles. The summed E-state index contributed by atoms with van der Waals surface area (Å²) in [4.78, 5) is 14.1. The van der Waals surface area contributed by atoms with Crippen molar-refractivity contribution >= 4 is 38.6 Å². The van der Waals surface area contributed by atoms with Crippen molar-refractivity contribution in [1.82, 2.24) is 0 Å². The minimum absolute atomic E-state index is 0.111. The smallest absolute Gasteiger partial charge is 0.185 e. The van der Waals surface area contributed by atoms with Crippen molar-refractivity contribution in [2.45, 2.75) is 18.7 Å². The largest absolute Gasteiger partial charge is 0.293 e. The molecule has 20 heavy (non-hydrogen) atoms. The van der Waals surface area contributed by atoms with Crippen LogP contribution in [-0.4, -0.2) is 20.0 Å². The number of halogens is 1. The number of thiophene rings is 1. The van der Waals surface area contributed by atoms with Gasteiger partial charge in [-0.05, 0) is 44.2 Å². The van der Waals surface area contributed by atoms with Crippen LogP contribution in [0.3, 0.4) is 0 Å². The van der Waals surface area contributed by atoms with E-state index >= 15 is 0 Å². The molecule has 2 rings (SSSR count). The number of Topliss-reactive ketones (excluding diaryl/α,β-unsaturated/α-hetero) is 1. The van der Waals surface area contributed by atoms with E-state index in [1.807, 2.05) is 13.8 Å². The zero-order chi connectivity index (χ0) is 14.9. The van der Waals surface area contributed by atoms with Gasteiger partial charge in [0.15, 0.2) is 15.6 Å². The maximum Gasteiger partial charge on any atom is 0.185 e. The predicted octanol–water partition coefficient (Wildman–Crippen LogP) is 3.67. The lowest BCUT2D eigenvalue weighted by atomic mass is 10.2. The van der Waals surface area contributed by atoms with E-state index in [0.717, 1.165) is 9.75 Å². The van der Waals surface area contributed by atoms with Crippen LogP contribution in [0.15, 0.2) is 35.2 Å². The van der Waals surface area contributed by atoms with Crippen LogP contribution >= 0.6 is 22.9 Å². The summed E-state index contributed by atoms with van der Waals surface area (Å²) in [6, 6.07) is 7.56. The first-order chi connectivity index (χ1) is 9.29. The Morgan fingerprint density at radius 2 is 1.80 bits per heavy atom. The van der Waals surface area contributed by atoms with Crippen LogP contribution in [0.5, 0.6) is 0 Å². The molecule has 0 spiro atoms. The zero-order valence-corrected chi connectivity index (χ0v) is 13.4. The minimum atomic E-state index is -3.64. The highest BCUT2D eigenvalue weighted by molar-refractivity contribution is 7.92. The molecular weight excluding hydrogens is 316 g/mol. The molecule has 6 heteroatoms. The molecule has 3 nitrogen and oxygen atoms in total. The van der Waals surface area contributed by atoms with Crippen LogP contribution in [0, 0.1) is 13.8 Å². The standard InChI is InChI=1S/C14H13ClO3S2/c1-9-7-13(10(2)19-9)14(16)8-20(17,18)12-5-3-11(15)4-6-12/h3-7H,8H2,1-2H3. The fourth-order valence-electron chi connectivity index (χ4n) is 1.88. The topological polar surface area (TPSA) is 51.2 Å². The summed E-state index contributed by atoms with van der Waals surface area (Å²) in [6.07, 6.45) is 0. The number of carbonyl (C=O) groups excluding carboxylic acids is 1. The summed E-state index contributed by atoms with van der Waals surface area (Å²) < 4.78 is 24.4. The number of benzene rings is 1. The summed E-state index contributed by atoms with van der Waals surface area (Å²) in [5.74, 6) is -0.896. The molecule has 0 atom stereocenters. The molecule has 0 saturated carbocycles. The number of ketones is 1. The van der Waals surface area contributed by atoms with Gasteiger partial charge >= 0.3 is 0 Å². The van der Waals surface area contributed by atoms with Gasteiger partial charge in [-0.3, -0.25) is 4.79 Å². The first-order valence-electron chi connectivity index (χ1n) is 5.88. The Kier molecular flexibility index (Phi) is 4.32. The van der Waals surface area contributed by atoms with Crippen LogP contribution in [0.1, 0.15) is 20.1 Å². The van der Waals surface area contributed by atoms with Crippen LogP contribution in [0.4, 0.5) is 0 Å². The molecule has 0 aliphatic rings. The van der Waals surface area contributed by atoms with Gasteiger partial charge < -0.3 is 0 Å². The van der Waals surface area contributed by atoms with Crippen molar-refractivity contribution in [2.24, 2.45) is 0 Å². The molecule has 0 N–H and O–H groups in total. The zero-order valence-electron chi connectivity index (χ0n) is 11.0. The van der Waals surface area contributed by atoms with E-state index in [1.165, 1.54) is 35.6 Å². The molecule has 0 amide bonds. The second-order valence-corrected chi connectivity index (χ2v) is 8.35. The fraction of sp³-hybridized carbons (Fsp3) is 0.214. The van der Waals surface area contributed by atoms with E-state index in [0.29, 0.717) is 10.6 Å². The lowest BCUT2D eigenvalue weighted by Crippen LogP contribution is -2.16. The molecule has 0 bridgehead atoms. The molecule has 1 aromatic heterocycles. The second kappa shape index (κ2) is 5.68. The predicted molar refractivity (Wildman–Crippen MR) is 81.6 cm³/mol. The summed E-state index contributed by atoms with van der Waals surface area (Å²) in [5.41, 5.74) is 0.491. The van der Waals surface area contributed by atoms with Gasteiger partial charge in [0, 0.05) is 20.3 Å². The normalized spacial score (nSPS) is 11.6. The highest BCUT2D eigenvalue weighted by Gasteiger charge is 2.22. The fourth-order valence-corrected chi connectivity index (χ4v) is 4.17. The summed E-state index contributed by atoms with van der Waals surface area (Å²) >= 11 is 7.21. The van der Waals surface area contributed by atoms with Gasteiger partial charge in [-0.15, -0.1) is 11.3 Å². The molecule has 0 fully saturated rings. The van der Waals surface area contributed by atoms with Crippen molar-refractivity contribution < 1.29 is 13.2 Å². The summed E-state index contributed by atoms with van der Waals surface area (Å²) in [7, 11) is -3.64. The minimum Gasteiger partial charge on any atom is -0.293 e. The average Bonchev–Trinajstić information content (AvgIpc) is 2.68. The SMILES string of the molecule is Cc1cc(C(=O)CS(=O)(=O)c2ccc(Cl)cc2)c(C)s1. The monoisotopic (exact) mass is 328 g/mol. The van der Waals surface area contributed by atoms with E-state index in [-0.39, 0.29) is 10.7 Å². The van der Waals surface area contributed by atoms with Gasteiger partial charge in [-0.25, -0.2) is 8.42 Å². The van der Waals surface area contributed by atoms with Crippen LogP contribution in [0.2, 0.25) is 5.02 Å². The first kappa shape index (κ1) is 15.2. The molecule has 0 aliphatic heterocycles. The van der Waals surface area contributed by atoms with E-state index in [1.54, 1.807) is 6.07 Å². The van der Waals surface area contributed by atoms with Gasteiger partial charge in [0.2, 0.25) is 0 Å². The van der Waals surface area contributed by atoms with Gasteiger partial charge in [-0.2, -0.15) is 0 Å². The molecule has 1 heterocycles. The number of hydrogen-bond acceptors (Lipinski definition) is 4. The average molecular weight is 329 g/mol. The first-order valence-corrected chi connectivity index (χ1v) is 8.73. The number of carbonyl (C=O) groups is 1. The van der Waals surface area contributed by atoms with Crippen LogP contribution < -0.4 is 0 Å². The molecule has 1 aromatic carbocycles. The third kappa shape index (κ3) is 3.29. The summed E-state index contributed by atoms with van der Waals surface area (Å²) in [6.45, 7) is 3.71.